The third kappa shape index (κ3) is 5.93. The van der Waals surface area contributed by atoms with Gasteiger partial charge in [0.05, 0.1) is 22.3 Å². The summed E-state index contributed by atoms with van der Waals surface area (Å²) < 4.78 is 66.1. The van der Waals surface area contributed by atoms with Crippen LogP contribution < -0.4 is 4.74 Å². The van der Waals surface area contributed by atoms with Gasteiger partial charge >= 0.3 is 12.1 Å². The van der Waals surface area contributed by atoms with E-state index in [1.807, 2.05) is 0 Å². The molecule has 0 amide bonds. The molecule has 2 saturated heterocycles. The zero-order chi connectivity index (χ0) is 27.4. The first-order valence-electron chi connectivity index (χ1n) is 13.0. The number of rotatable bonds is 6. The maximum absolute atomic E-state index is 15.1. The zero-order valence-corrected chi connectivity index (χ0v) is 22.3. The lowest BCUT2D eigenvalue weighted by molar-refractivity contribution is -0.137. The van der Waals surface area contributed by atoms with Crippen molar-refractivity contribution in [2.45, 2.75) is 102 Å². The number of aromatic nitrogens is 1. The summed E-state index contributed by atoms with van der Waals surface area (Å²) in [7, 11) is 0. The summed E-state index contributed by atoms with van der Waals surface area (Å²) in [5.41, 5.74) is 0.157. The van der Waals surface area contributed by atoms with Gasteiger partial charge in [-0.2, -0.15) is 13.2 Å². The SMILES string of the molecule is CC(C)(C)OC(=O)c1cc(C2CC2)c(CN2[C@@H]3CC[C@H]2C[C@@H](Oc2cc(C(F)(F)F)c(Cl)cn2)C3)cc1F. The van der Waals surface area contributed by atoms with Crippen molar-refractivity contribution in [2.24, 2.45) is 0 Å². The highest BCUT2D eigenvalue weighted by Crippen LogP contribution is 2.45. The number of piperidine rings is 1. The second kappa shape index (κ2) is 9.97. The highest BCUT2D eigenvalue weighted by atomic mass is 35.5. The summed E-state index contributed by atoms with van der Waals surface area (Å²) in [6.07, 6.45) is 1.26. The number of nitrogens with zero attached hydrogens (tertiary/aromatic N) is 2. The van der Waals surface area contributed by atoms with Gasteiger partial charge in [0, 0.05) is 24.7 Å². The average molecular weight is 555 g/mol. The number of alkyl halides is 3. The molecule has 38 heavy (non-hydrogen) atoms. The Labute approximate surface area is 224 Å². The third-order valence-corrected chi connectivity index (χ3v) is 7.78. The summed E-state index contributed by atoms with van der Waals surface area (Å²) in [6.45, 7) is 5.80. The molecular weight excluding hydrogens is 524 g/mol. The van der Waals surface area contributed by atoms with Gasteiger partial charge in [-0.1, -0.05) is 11.6 Å². The maximum Gasteiger partial charge on any atom is 0.418 e. The van der Waals surface area contributed by atoms with Crippen LogP contribution in [0.2, 0.25) is 5.02 Å². The van der Waals surface area contributed by atoms with Crippen molar-refractivity contribution in [3.63, 3.8) is 0 Å². The van der Waals surface area contributed by atoms with E-state index < -0.39 is 34.1 Å². The van der Waals surface area contributed by atoms with Gasteiger partial charge < -0.3 is 9.47 Å². The number of esters is 1. The second-order valence-electron chi connectivity index (χ2n) is 11.6. The van der Waals surface area contributed by atoms with Gasteiger partial charge in [-0.15, -0.1) is 0 Å². The first-order valence-corrected chi connectivity index (χ1v) is 13.4. The lowest BCUT2D eigenvalue weighted by atomic mass is 9.95. The Balaban J connectivity index is 1.30. The summed E-state index contributed by atoms with van der Waals surface area (Å²) in [5, 5.41) is -0.462. The number of hydrogen-bond acceptors (Lipinski definition) is 5. The molecule has 1 aromatic carbocycles. The molecule has 206 valence electrons. The Bertz CT molecular complexity index is 1210. The Morgan fingerprint density at radius 3 is 2.32 bits per heavy atom. The van der Waals surface area contributed by atoms with Crippen LogP contribution in [0.4, 0.5) is 17.6 Å². The van der Waals surface area contributed by atoms with E-state index in [1.54, 1.807) is 26.8 Å². The van der Waals surface area contributed by atoms with Crippen LogP contribution in [0.25, 0.3) is 0 Å². The number of halogens is 5. The van der Waals surface area contributed by atoms with Crippen LogP contribution in [0, 0.1) is 5.82 Å². The van der Waals surface area contributed by atoms with Crippen LogP contribution in [0.5, 0.6) is 5.88 Å². The van der Waals surface area contributed by atoms with Gasteiger partial charge in [0.25, 0.3) is 0 Å². The predicted octanol–water partition coefficient (Wildman–Crippen LogP) is 7.30. The van der Waals surface area contributed by atoms with E-state index >= 15 is 4.39 Å². The van der Waals surface area contributed by atoms with E-state index in [2.05, 4.69) is 9.88 Å². The molecule has 2 bridgehead atoms. The number of hydrogen-bond donors (Lipinski definition) is 0. The molecule has 0 spiro atoms. The van der Waals surface area contributed by atoms with E-state index in [4.69, 9.17) is 21.1 Å². The highest BCUT2D eigenvalue weighted by molar-refractivity contribution is 6.31. The molecule has 3 fully saturated rings. The van der Waals surface area contributed by atoms with E-state index in [-0.39, 0.29) is 29.6 Å². The lowest BCUT2D eigenvalue weighted by Crippen LogP contribution is -2.46. The van der Waals surface area contributed by atoms with E-state index in [9.17, 15) is 18.0 Å². The van der Waals surface area contributed by atoms with Crippen LogP contribution in [-0.4, -0.2) is 39.6 Å². The Morgan fingerprint density at radius 1 is 1.08 bits per heavy atom. The maximum atomic E-state index is 15.1. The van der Waals surface area contributed by atoms with Crippen molar-refractivity contribution in [3.8, 4) is 5.88 Å². The topological polar surface area (TPSA) is 51.7 Å². The fourth-order valence-corrected chi connectivity index (χ4v) is 5.89. The average Bonchev–Trinajstić information content (AvgIpc) is 3.60. The van der Waals surface area contributed by atoms with E-state index in [0.29, 0.717) is 25.3 Å². The molecule has 2 aliphatic heterocycles. The molecular formula is C28H31ClF4N2O3. The van der Waals surface area contributed by atoms with Crippen molar-refractivity contribution in [1.29, 1.82) is 0 Å². The van der Waals surface area contributed by atoms with E-state index in [1.165, 1.54) is 6.07 Å². The van der Waals surface area contributed by atoms with E-state index in [0.717, 1.165) is 49.1 Å². The number of carbonyl (C=O) groups excluding carboxylic acids is 1. The van der Waals surface area contributed by atoms with Gasteiger partial charge in [0.15, 0.2) is 0 Å². The van der Waals surface area contributed by atoms with Gasteiger partial charge in [-0.25, -0.2) is 14.2 Å². The number of benzene rings is 1. The molecule has 10 heteroatoms. The Hall–Kier alpha value is -2.39. The molecule has 5 rings (SSSR count). The molecule has 0 unspecified atom stereocenters. The highest BCUT2D eigenvalue weighted by Gasteiger charge is 2.43. The van der Waals surface area contributed by atoms with Gasteiger partial charge in [-0.05, 0) is 88.5 Å². The standard InChI is InChI=1S/C28H31ClF4N2O3/c1-27(2,3)38-26(36)21-11-20(15-4-5-15)16(8-24(21)30)14-35-17-6-7-18(35)10-19(9-17)37-25-12-22(28(31,32)33)23(29)13-34-25/h8,11-13,15,17-19H,4-7,9-10,14H2,1-3H3/t17-,18+,19+. The molecule has 2 aromatic rings. The largest absolute Gasteiger partial charge is 0.474 e. The molecule has 0 N–H and O–H groups in total. The first kappa shape index (κ1) is 27.2. The Kier molecular flexibility index (Phi) is 7.14. The number of ether oxygens (including phenoxy) is 2. The fraction of sp³-hybridized carbons (Fsp3) is 0.571. The van der Waals surface area contributed by atoms with Crippen molar-refractivity contribution >= 4 is 17.6 Å². The predicted molar refractivity (Wildman–Crippen MR) is 134 cm³/mol. The van der Waals surface area contributed by atoms with Crippen molar-refractivity contribution in [2.75, 3.05) is 0 Å². The van der Waals surface area contributed by atoms with Crippen LogP contribution in [0.15, 0.2) is 24.4 Å². The number of carbonyl (C=O) groups is 1. The summed E-state index contributed by atoms with van der Waals surface area (Å²) >= 11 is 5.68. The fourth-order valence-electron chi connectivity index (χ4n) is 5.68. The summed E-state index contributed by atoms with van der Waals surface area (Å²) in [5.74, 6) is -1.02. The summed E-state index contributed by atoms with van der Waals surface area (Å²) in [4.78, 5) is 18.9. The molecule has 1 aromatic heterocycles. The molecule has 5 nitrogen and oxygen atoms in total. The molecule has 3 heterocycles. The summed E-state index contributed by atoms with van der Waals surface area (Å²) in [6, 6.07) is 4.32. The zero-order valence-electron chi connectivity index (χ0n) is 21.6. The minimum atomic E-state index is -4.59. The smallest absolute Gasteiger partial charge is 0.418 e. The number of fused-ring (bicyclic) bond motifs is 2. The van der Waals surface area contributed by atoms with Crippen LogP contribution in [0.1, 0.15) is 92.3 Å². The van der Waals surface area contributed by atoms with Crippen molar-refractivity contribution in [3.05, 3.63) is 57.5 Å². The molecule has 3 atom stereocenters. The minimum absolute atomic E-state index is 0.0330. The lowest BCUT2D eigenvalue weighted by Gasteiger charge is -2.39. The van der Waals surface area contributed by atoms with Gasteiger partial charge in [0.1, 0.15) is 17.5 Å². The van der Waals surface area contributed by atoms with Crippen LogP contribution in [-0.2, 0) is 17.5 Å². The minimum Gasteiger partial charge on any atom is -0.474 e. The van der Waals surface area contributed by atoms with Gasteiger partial charge in [0.2, 0.25) is 5.88 Å². The van der Waals surface area contributed by atoms with Crippen LogP contribution in [0.3, 0.4) is 0 Å². The monoisotopic (exact) mass is 554 g/mol. The quantitative estimate of drug-likeness (QED) is 0.277. The molecule has 3 aliphatic rings. The normalized spacial score (nSPS) is 23.9. The van der Waals surface area contributed by atoms with Crippen molar-refractivity contribution in [1.82, 2.24) is 9.88 Å². The van der Waals surface area contributed by atoms with Crippen molar-refractivity contribution < 1.29 is 31.8 Å². The van der Waals surface area contributed by atoms with Crippen LogP contribution >= 0.6 is 11.6 Å². The molecule has 1 saturated carbocycles. The molecule has 0 radical (unpaired) electrons. The first-order chi connectivity index (χ1) is 17.8. The van der Waals surface area contributed by atoms with Gasteiger partial charge in [-0.3, -0.25) is 4.90 Å². The molecule has 1 aliphatic carbocycles. The number of pyridine rings is 1. The second-order valence-corrected chi connectivity index (χ2v) is 12.0. The third-order valence-electron chi connectivity index (χ3n) is 7.48. The Morgan fingerprint density at radius 2 is 1.74 bits per heavy atom.